The van der Waals surface area contributed by atoms with E-state index in [1.54, 1.807) is 12.1 Å². The van der Waals surface area contributed by atoms with E-state index >= 15 is 0 Å². The number of halogens is 3. The fraction of sp³-hybridized carbons (Fsp3) is 0.455. The maximum atomic E-state index is 12.5. The van der Waals surface area contributed by atoms with Crippen molar-refractivity contribution in [3.63, 3.8) is 0 Å². The topological polar surface area (TPSA) is 17.1 Å². The molecule has 0 atom stereocenters. The van der Waals surface area contributed by atoms with Gasteiger partial charge in [0.15, 0.2) is 0 Å². The first kappa shape index (κ1) is 14.9. The fourth-order valence-corrected chi connectivity index (χ4v) is 5.79. The summed E-state index contributed by atoms with van der Waals surface area (Å²) in [4.78, 5) is 0. The average molecular weight is 376 g/mol. The van der Waals surface area contributed by atoms with Crippen molar-refractivity contribution in [3.8, 4) is 0 Å². The second kappa shape index (κ2) is 6.14. The normalized spacial score (nSPS) is 12.2. The van der Waals surface area contributed by atoms with E-state index < -0.39 is 30.2 Å². The number of alkyl halides is 3. The minimum atomic E-state index is -4.25. The SMILES string of the molecule is CC(C)c1ccc(C[Se]([Se]=O)C(F)(F)F)cc1. The molecule has 0 saturated carbocycles. The van der Waals surface area contributed by atoms with Crippen molar-refractivity contribution in [3.05, 3.63) is 35.4 Å². The van der Waals surface area contributed by atoms with Crippen LogP contribution in [0.5, 0.6) is 0 Å². The number of benzene rings is 1. The Morgan fingerprint density at radius 2 is 1.76 bits per heavy atom. The molecule has 0 spiro atoms. The van der Waals surface area contributed by atoms with Crippen LogP contribution >= 0.6 is 0 Å². The molecule has 0 heterocycles. The molecule has 0 unspecified atom stereocenters. The summed E-state index contributed by atoms with van der Waals surface area (Å²) >= 11 is -4.55. The third kappa shape index (κ3) is 4.55. The molecular weight excluding hydrogens is 363 g/mol. The molecule has 1 aromatic rings. The third-order valence-corrected chi connectivity index (χ3v) is 10.1. The van der Waals surface area contributed by atoms with E-state index in [-0.39, 0.29) is 5.32 Å². The monoisotopic (exact) mass is 378 g/mol. The number of hydrogen-bond donors (Lipinski definition) is 0. The molecule has 1 aromatic carbocycles. The Morgan fingerprint density at radius 3 is 2.12 bits per heavy atom. The van der Waals surface area contributed by atoms with E-state index in [0.717, 1.165) is 5.56 Å². The van der Waals surface area contributed by atoms with E-state index in [0.29, 0.717) is 11.5 Å². The molecule has 0 aliphatic carbocycles. The van der Waals surface area contributed by atoms with Gasteiger partial charge in [-0.2, -0.15) is 0 Å². The van der Waals surface area contributed by atoms with Gasteiger partial charge in [-0.15, -0.1) is 0 Å². The first-order chi connectivity index (χ1) is 7.84. The van der Waals surface area contributed by atoms with Crippen LogP contribution in [-0.4, -0.2) is 30.2 Å². The van der Waals surface area contributed by atoms with Crippen molar-refractivity contribution < 1.29 is 17.0 Å². The molecule has 0 aromatic heterocycles. The zero-order chi connectivity index (χ0) is 13.1. The Morgan fingerprint density at radius 1 is 1.24 bits per heavy atom. The molecule has 0 saturated heterocycles. The van der Waals surface area contributed by atoms with Gasteiger partial charge in [-0.05, 0) is 0 Å². The predicted octanol–water partition coefficient (Wildman–Crippen LogP) is 3.03. The molecule has 0 aliphatic heterocycles. The zero-order valence-corrected chi connectivity index (χ0v) is 12.9. The average Bonchev–Trinajstić information content (AvgIpc) is 2.24. The van der Waals surface area contributed by atoms with E-state index in [4.69, 9.17) is 0 Å². The molecule has 17 heavy (non-hydrogen) atoms. The van der Waals surface area contributed by atoms with Crippen LogP contribution in [0, 0.1) is 0 Å². The van der Waals surface area contributed by atoms with Gasteiger partial charge < -0.3 is 0 Å². The summed E-state index contributed by atoms with van der Waals surface area (Å²) in [5.74, 6) is 0.363. The van der Waals surface area contributed by atoms with E-state index in [1.165, 1.54) is 0 Å². The molecule has 0 N–H and O–H groups in total. The van der Waals surface area contributed by atoms with Crippen molar-refractivity contribution in [1.29, 1.82) is 0 Å². The van der Waals surface area contributed by atoms with Crippen LogP contribution in [0.3, 0.4) is 0 Å². The summed E-state index contributed by atoms with van der Waals surface area (Å²) in [6.07, 6.45) is 0. The van der Waals surface area contributed by atoms with Gasteiger partial charge in [-0.25, -0.2) is 0 Å². The number of hydrogen-bond acceptors (Lipinski definition) is 1. The van der Waals surface area contributed by atoms with Gasteiger partial charge in [0.25, 0.3) is 0 Å². The van der Waals surface area contributed by atoms with Gasteiger partial charge in [0.1, 0.15) is 0 Å². The van der Waals surface area contributed by atoms with Crippen LogP contribution in [0.1, 0.15) is 30.9 Å². The van der Waals surface area contributed by atoms with Crippen LogP contribution < -0.4 is 0 Å². The Bertz CT molecular complexity index is 373. The molecule has 96 valence electrons. The van der Waals surface area contributed by atoms with Gasteiger partial charge in [0, 0.05) is 0 Å². The second-order valence-corrected chi connectivity index (χ2v) is 13.1. The van der Waals surface area contributed by atoms with Crippen molar-refractivity contribution in [2.75, 3.05) is 0 Å². The molecule has 1 rings (SSSR count). The Hall–Kier alpha value is -0.151. The van der Waals surface area contributed by atoms with E-state index in [2.05, 4.69) is 0 Å². The molecule has 0 bridgehead atoms. The van der Waals surface area contributed by atoms with Gasteiger partial charge in [-0.3, -0.25) is 0 Å². The maximum absolute atomic E-state index is 12.5. The van der Waals surface area contributed by atoms with E-state index in [1.807, 2.05) is 26.0 Å². The molecule has 0 amide bonds. The summed E-state index contributed by atoms with van der Waals surface area (Å²) in [5.41, 5.74) is 1.74. The second-order valence-electron chi connectivity index (χ2n) is 3.90. The number of rotatable bonds is 4. The third-order valence-electron chi connectivity index (χ3n) is 2.28. The summed E-state index contributed by atoms with van der Waals surface area (Å²) in [7, 11) is 0. The first-order valence-corrected chi connectivity index (χ1v) is 12.1. The molecule has 0 aliphatic rings. The zero-order valence-electron chi connectivity index (χ0n) is 9.45. The summed E-state index contributed by atoms with van der Waals surface area (Å²) in [5, 5.41) is -4.33. The van der Waals surface area contributed by atoms with Crippen LogP contribution in [0.4, 0.5) is 13.2 Å². The predicted molar refractivity (Wildman–Crippen MR) is 62.5 cm³/mol. The molecule has 0 fully saturated rings. The molecule has 1 nitrogen and oxygen atoms in total. The quantitative estimate of drug-likeness (QED) is 0.739. The van der Waals surface area contributed by atoms with Crippen molar-refractivity contribution >= 4 is 25.1 Å². The van der Waals surface area contributed by atoms with Crippen molar-refractivity contribution in [2.45, 2.75) is 30.2 Å². The van der Waals surface area contributed by atoms with Gasteiger partial charge in [0.2, 0.25) is 0 Å². The molecule has 2 radical (unpaired) electrons. The van der Waals surface area contributed by atoms with Crippen LogP contribution in [0.2, 0.25) is 0 Å². The summed E-state index contributed by atoms with van der Waals surface area (Å²) < 4.78 is 48.1. The Balaban J connectivity index is 2.78. The van der Waals surface area contributed by atoms with Crippen LogP contribution in [-0.2, 0) is 9.15 Å². The van der Waals surface area contributed by atoms with Crippen LogP contribution in [0.15, 0.2) is 24.3 Å². The van der Waals surface area contributed by atoms with E-state index in [9.17, 15) is 17.0 Å². The molecule has 6 heteroatoms. The van der Waals surface area contributed by atoms with Crippen molar-refractivity contribution in [1.82, 2.24) is 0 Å². The van der Waals surface area contributed by atoms with Gasteiger partial charge in [0.05, 0.1) is 0 Å². The first-order valence-electron chi connectivity index (χ1n) is 5.01. The minimum absolute atomic E-state index is 0.0780. The summed E-state index contributed by atoms with van der Waals surface area (Å²) in [6, 6.07) is 7.11. The molecular formula is C11H13F3OSe2. The van der Waals surface area contributed by atoms with Crippen LogP contribution in [0.25, 0.3) is 0 Å². The standard InChI is InChI=1S/C11H13F3OSe2/c1-8(2)10-5-3-9(4-6-10)7-17(16-15)11(12,13)14/h3-6,8H,7H2,1-2H3. The van der Waals surface area contributed by atoms with Gasteiger partial charge >= 0.3 is 108 Å². The van der Waals surface area contributed by atoms with Crippen molar-refractivity contribution in [2.24, 2.45) is 0 Å². The Kier molecular flexibility index (Phi) is 5.39. The summed E-state index contributed by atoms with van der Waals surface area (Å²) in [6.45, 7) is 4.06. The fourth-order valence-electron chi connectivity index (χ4n) is 1.29. The van der Waals surface area contributed by atoms with Gasteiger partial charge in [-0.1, -0.05) is 0 Å². The Labute approximate surface area is 108 Å².